The molecule has 4 rings (SSSR count). The lowest BCUT2D eigenvalue weighted by atomic mass is 9.88. The maximum Gasteiger partial charge on any atom is 0.260 e. The fourth-order valence-corrected chi connectivity index (χ4v) is 4.68. The number of benzene rings is 2. The molecule has 0 bridgehead atoms. The summed E-state index contributed by atoms with van der Waals surface area (Å²) in [5.41, 5.74) is 4.03. The lowest BCUT2D eigenvalue weighted by molar-refractivity contribution is 0.0648. The molecule has 0 unspecified atom stereocenters. The molecule has 2 aliphatic rings. The third-order valence-corrected chi connectivity index (χ3v) is 6.50. The summed E-state index contributed by atoms with van der Waals surface area (Å²) in [4.78, 5) is 20.9. The third kappa shape index (κ3) is 3.29. The predicted molar refractivity (Wildman–Crippen MR) is 118 cm³/mol. The van der Waals surface area contributed by atoms with Crippen molar-refractivity contribution in [2.45, 2.75) is 51.6 Å². The summed E-state index contributed by atoms with van der Waals surface area (Å²) in [5.74, 6) is -0.0530. The van der Waals surface area contributed by atoms with Crippen LogP contribution in [0.4, 0.5) is 0 Å². The van der Waals surface area contributed by atoms with Crippen molar-refractivity contribution >= 4 is 40.4 Å². The quantitative estimate of drug-likeness (QED) is 0.578. The highest BCUT2D eigenvalue weighted by Crippen LogP contribution is 2.41. The number of halogens is 1. The Morgan fingerprint density at radius 2 is 1.71 bits per heavy atom. The molecule has 1 aliphatic heterocycles. The van der Waals surface area contributed by atoms with E-state index in [0.29, 0.717) is 15.6 Å². The largest absolute Gasteiger partial charge is 0.271 e. The Bertz CT molecular complexity index is 975. The van der Waals surface area contributed by atoms with Gasteiger partial charge in [-0.3, -0.25) is 14.7 Å². The van der Waals surface area contributed by atoms with Crippen LogP contribution in [-0.4, -0.2) is 27.2 Å². The van der Waals surface area contributed by atoms with Crippen molar-refractivity contribution in [1.29, 1.82) is 0 Å². The van der Waals surface area contributed by atoms with E-state index in [1.165, 1.54) is 12.0 Å². The van der Waals surface area contributed by atoms with Crippen LogP contribution in [0.5, 0.6) is 0 Å². The number of carbonyl (C=O) groups is 1. The molecule has 0 N–H and O–H groups in total. The van der Waals surface area contributed by atoms with E-state index >= 15 is 0 Å². The second-order valence-corrected chi connectivity index (χ2v) is 8.58. The van der Waals surface area contributed by atoms with Crippen LogP contribution in [0.15, 0.2) is 47.5 Å². The van der Waals surface area contributed by atoms with E-state index in [1.807, 2.05) is 49.4 Å². The smallest absolute Gasteiger partial charge is 0.260 e. The summed E-state index contributed by atoms with van der Waals surface area (Å²) in [5, 5.41) is 0.670. The monoisotopic (exact) mass is 410 g/mol. The first-order chi connectivity index (χ1) is 13.4. The number of aliphatic imine (C=N–C) groups is 1. The maximum absolute atomic E-state index is 13.6. The van der Waals surface area contributed by atoms with Crippen molar-refractivity contribution in [2.24, 2.45) is 4.99 Å². The standard InChI is InChI=1S/C23H23ClN2OS/c1-15-6-7-18(14-16(15)2)21(27)26-22(28)20(17-8-10-19(24)11-9-17)25-23(26)12-4-3-5-13-23/h6-11,14H,3-5,12-13H2,1-2H3. The Hall–Kier alpha value is -2.04. The molecule has 5 heteroatoms. The van der Waals surface area contributed by atoms with Crippen LogP contribution in [0, 0.1) is 13.8 Å². The molecule has 0 saturated heterocycles. The number of rotatable bonds is 2. The van der Waals surface area contributed by atoms with Crippen molar-refractivity contribution < 1.29 is 4.79 Å². The number of hydrogen-bond donors (Lipinski definition) is 0. The van der Waals surface area contributed by atoms with Gasteiger partial charge in [-0.1, -0.05) is 48.4 Å². The second-order valence-electron chi connectivity index (χ2n) is 7.76. The maximum atomic E-state index is 13.6. The molecule has 2 aromatic rings. The van der Waals surface area contributed by atoms with Gasteiger partial charge in [0.15, 0.2) is 0 Å². The number of hydrogen-bond acceptors (Lipinski definition) is 3. The first-order valence-corrected chi connectivity index (χ1v) is 10.5. The molecule has 1 heterocycles. The Morgan fingerprint density at radius 1 is 1.04 bits per heavy atom. The molecule has 0 atom stereocenters. The van der Waals surface area contributed by atoms with Crippen molar-refractivity contribution in [3.05, 3.63) is 69.7 Å². The highest BCUT2D eigenvalue weighted by Gasteiger charge is 2.48. The Labute approximate surface area is 176 Å². The van der Waals surface area contributed by atoms with Crippen LogP contribution in [-0.2, 0) is 0 Å². The third-order valence-electron chi connectivity index (χ3n) is 5.87. The molecule has 28 heavy (non-hydrogen) atoms. The zero-order chi connectivity index (χ0) is 19.9. The van der Waals surface area contributed by atoms with Crippen LogP contribution >= 0.6 is 23.8 Å². The lowest BCUT2D eigenvalue weighted by Crippen LogP contribution is -2.50. The average Bonchev–Trinajstić information content (AvgIpc) is 2.96. The molecular formula is C23H23ClN2OS. The van der Waals surface area contributed by atoms with Gasteiger partial charge < -0.3 is 0 Å². The van der Waals surface area contributed by atoms with Crippen LogP contribution in [0.1, 0.15) is 59.2 Å². The van der Waals surface area contributed by atoms with E-state index in [2.05, 4.69) is 6.92 Å². The number of amides is 1. The van der Waals surface area contributed by atoms with Crippen molar-refractivity contribution in [1.82, 2.24) is 4.90 Å². The molecule has 0 radical (unpaired) electrons. The van der Waals surface area contributed by atoms with Crippen LogP contribution in [0.25, 0.3) is 0 Å². The van der Waals surface area contributed by atoms with Crippen LogP contribution in [0.3, 0.4) is 0 Å². The fourth-order valence-electron chi connectivity index (χ4n) is 4.13. The Kier molecular flexibility index (Phi) is 5.11. The van der Waals surface area contributed by atoms with E-state index in [0.717, 1.165) is 42.5 Å². The van der Waals surface area contributed by atoms with E-state index in [4.69, 9.17) is 28.8 Å². The summed E-state index contributed by atoms with van der Waals surface area (Å²) >= 11 is 11.9. The molecular weight excluding hydrogens is 388 g/mol. The molecule has 1 spiro atoms. The SMILES string of the molecule is Cc1ccc(C(=O)N2C(=S)C(c3ccc(Cl)cc3)=NC23CCCCC3)cc1C. The molecule has 0 aromatic heterocycles. The summed E-state index contributed by atoms with van der Waals surface area (Å²) in [7, 11) is 0. The van der Waals surface area contributed by atoms with Gasteiger partial charge in [0.05, 0.1) is 0 Å². The van der Waals surface area contributed by atoms with E-state index < -0.39 is 5.66 Å². The van der Waals surface area contributed by atoms with E-state index in [9.17, 15) is 4.79 Å². The molecule has 3 nitrogen and oxygen atoms in total. The van der Waals surface area contributed by atoms with Crippen molar-refractivity contribution in [2.75, 3.05) is 0 Å². The number of carbonyl (C=O) groups excluding carboxylic acids is 1. The Morgan fingerprint density at radius 3 is 2.36 bits per heavy atom. The minimum absolute atomic E-state index is 0.0530. The van der Waals surface area contributed by atoms with Gasteiger partial charge in [0.2, 0.25) is 0 Å². The zero-order valence-electron chi connectivity index (χ0n) is 16.2. The summed E-state index contributed by atoms with van der Waals surface area (Å²) < 4.78 is 0. The average molecular weight is 411 g/mol. The highest BCUT2D eigenvalue weighted by molar-refractivity contribution is 7.82. The highest BCUT2D eigenvalue weighted by atomic mass is 35.5. The second kappa shape index (κ2) is 7.41. The van der Waals surface area contributed by atoms with Crippen molar-refractivity contribution in [3.8, 4) is 0 Å². The summed E-state index contributed by atoms with van der Waals surface area (Å²) in [6.45, 7) is 4.08. The zero-order valence-corrected chi connectivity index (χ0v) is 17.7. The Balaban J connectivity index is 1.77. The number of aryl methyl sites for hydroxylation is 2. The van der Waals surface area contributed by atoms with Gasteiger partial charge in [-0.25, -0.2) is 0 Å². The first-order valence-electron chi connectivity index (χ1n) is 9.73. The lowest BCUT2D eigenvalue weighted by Gasteiger charge is -2.39. The van der Waals surface area contributed by atoms with Gasteiger partial charge in [0.1, 0.15) is 16.4 Å². The molecule has 1 aliphatic carbocycles. The summed E-state index contributed by atoms with van der Waals surface area (Å²) in [6.07, 6.45) is 4.97. The molecule has 2 aromatic carbocycles. The topological polar surface area (TPSA) is 32.7 Å². The molecule has 1 fully saturated rings. The van der Waals surface area contributed by atoms with Gasteiger partial charge in [-0.15, -0.1) is 0 Å². The van der Waals surface area contributed by atoms with Crippen molar-refractivity contribution in [3.63, 3.8) is 0 Å². The normalized spacial score (nSPS) is 18.5. The number of thiocarbonyl (C=S) groups is 1. The molecule has 144 valence electrons. The van der Waals surface area contributed by atoms with E-state index in [1.54, 1.807) is 4.90 Å². The molecule has 1 amide bonds. The van der Waals surface area contributed by atoms with Gasteiger partial charge >= 0.3 is 0 Å². The molecule has 1 saturated carbocycles. The van der Waals surface area contributed by atoms with Gasteiger partial charge in [0.25, 0.3) is 5.91 Å². The predicted octanol–water partition coefficient (Wildman–Crippen LogP) is 5.89. The van der Waals surface area contributed by atoms with Gasteiger partial charge in [-0.05, 0) is 74.9 Å². The number of nitrogens with zero attached hydrogens (tertiary/aromatic N) is 2. The minimum atomic E-state index is -0.555. The summed E-state index contributed by atoms with van der Waals surface area (Å²) in [6, 6.07) is 13.4. The minimum Gasteiger partial charge on any atom is -0.271 e. The van der Waals surface area contributed by atoms with Crippen LogP contribution in [0.2, 0.25) is 5.02 Å². The van der Waals surface area contributed by atoms with Crippen LogP contribution < -0.4 is 0 Å². The fraction of sp³-hybridized carbons (Fsp3) is 0.348. The first kappa shape index (κ1) is 19.3. The van der Waals surface area contributed by atoms with E-state index in [-0.39, 0.29) is 5.91 Å². The van der Waals surface area contributed by atoms with Gasteiger partial charge in [-0.2, -0.15) is 0 Å². The van der Waals surface area contributed by atoms with Gasteiger partial charge in [0, 0.05) is 16.1 Å².